The summed E-state index contributed by atoms with van der Waals surface area (Å²) in [6.45, 7) is 2.98. The molecular weight excluding hydrogens is 244 g/mol. The number of nitrogens with one attached hydrogen (secondary N) is 2. The van der Waals surface area contributed by atoms with E-state index in [1.165, 1.54) is 18.9 Å². The lowest BCUT2D eigenvalue weighted by Gasteiger charge is -2.18. The first-order valence-electron chi connectivity index (χ1n) is 5.19. The molecule has 0 aliphatic heterocycles. The third-order valence-corrected chi connectivity index (χ3v) is 2.71. The zero-order chi connectivity index (χ0) is 13.4. The molecule has 0 aromatic heterocycles. The van der Waals surface area contributed by atoms with Crippen molar-refractivity contribution in [1.82, 2.24) is 10.0 Å². The van der Waals surface area contributed by atoms with Crippen molar-refractivity contribution in [3.8, 4) is 0 Å². The number of hydrogen-bond acceptors (Lipinski definition) is 5. The minimum absolute atomic E-state index is 0.0971. The molecule has 0 aliphatic carbocycles. The van der Waals surface area contributed by atoms with Crippen LogP contribution in [-0.2, 0) is 14.4 Å². The van der Waals surface area contributed by atoms with E-state index in [9.17, 15) is 14.4 Å². The summed E-state index contributed by atoms with van der Waals surface area (Å²) < 4.78 is 2.81. The Labute approximate surface area is 105 Å². The monoisotopic (exact) mass is 262 g/mol. The number of rotatable bonds is 8. The predicted molar refractivity (Wildman–Crippen MR) is 65.6 cm³/mol. The highest BCUT2D eigenvalue weighted by molar-refractivity contribution is 7.96. The van der Waals surface area contributed by atoms with Crippen molar-refractivity contribution in [2.75, 3.05) is 6.26 Å². The second-order valence-electron chi connectivity index (χ2n) is 3.65. The number of carbonyl (C=O) groups is 3. The maximum atomic E-state index is 11.7. The van der Waals surface area contributed by atoms with Gasteiger partial charge < -0.3 is 10.4 Å². The molecule has 3 N–H and O–H groups in total. The Kier molecular flexibility index (Phi) is 7.56. The number of Topliss-reactive ketones (excluding diaryl/α,β-unsaturated/α-hetero) is 1. The Balaban J connectivity index is 4.32. The second kappa shape index (κ2) is 8.08. The van der Waals surface area contributed by atoms with Crippen LogP contribution in [0.1, 0.15) is 26.7 Å². The molecule has 0 unspecified atom stereocenters. The maximum absolute atomic E-state index is 11.7. The van der Waals surface area contributed by atoms with E-state index in [0.717, 1.165) is 0 Å². The molecule has 0 saturated carbocycles. The van der Waals surface area contributed by atoms with Crippen LogP contribution in [0.5, 0.6) is 0 Å². The number of carbonyl (C=O) groups excluding carboxylic acids is 2. The molecule has 0 aromatic rings. The molecule has 0 saturated heterocycles. The fourth-order valence-electron chi connectivity index (χ4n) is 1.07. The number of aliphatic carboxylic acids is 1. The van der Waals surface area contributed by atoms with E-state index in [1.54, 1.807) is 13.2 Å². The van der Waals surface area contributed by atoms with Gasteiger partial charge in [-0.05, 0) is 26.5 Å². The van der Waals surface area contributed by atoms with Crippen LogP contribution in [0, 0.1) is 0 Å². The first-order chi connectivity index (χ1) is 7.88. The average molecular weight is 262 g/mol. The third kappa shape index (κ3) is 6.96. The third-order valence-electron chi connectivity index (χ3n) is 2.19. The van der Waals surface area contributed by atoms with Gasteiger partial charge in [0, 0.05) is 6.42 Å². The number of carboxylic acid groups (broad SMARTS) is 1. The first kappa shape index (κ1) is 15.9. The smallest absolute Gasteiger partial charge is 0.303 e. The summed E-state index contributed by atoms with van der Waals surface area (Å²) in [5.41, 5.74) is 0. The van der Waals surface area contributed by atoms with Crippen molar-refractivity contribution >= 4 is 29.6 Å². The molecule has 98 valence electrons. The fraction of sp³-hybridized carbons (Fsp3) is 0.700. The van der Waals surface area contributed by atoms with Gasteiger partial charge in [-0.25, -0.2) is 0 Å². The van der Waals surface area contributed by atoms with Gasteiger partial charge >= 0.3 is 5.97 Å². The molecule has 7 heteroatoms. The van der Waals surface area contributed by atoms with Crippen LogP contribution in [-0.4, -0.2) is 41.1 Å². The van der Waals surface area contributed by atoms with Crippen LogP contribution in [0.15, 0.2) is 0 Å². The van der Waals surface area contributed by atoms with Crippen LogP contribution in [0.2, 0.25) is 0 Å². The number of carboxylic acids is 1. The van der Waals surface area contributed by atoms with Crippen molar-refractivity contribution in [3.63, 3.8) is 0 Å². The zero-order valence-electron chi connectivity index (χ0n) is 10.1. The van der Waals surface area contributed by atoms with Gasteiger partial charge in [0.1, 0.15) is 0 Å². The van der Waals surface area contributed by atoms with Gasteiger partial charge in [-0.3, -0.25) is 19.1 Å². The lowest BCUT2D eigenvalue weighted by molar-refractivity contribution is -0.137. The Bertz CT molecular complexity index is 296. The molecule has 0 spiro atoms. The highest BCUT2D eigenvalue weighted by Crippen LogP contribution is 2.02. The van der Waals surface area contributed by atoms with E-state index >= 15 is 0 Å². The number of hydrogen-bond donors (Lipinski definition) is 3. The van der Waals surface area contributed by atoms with Crippen molar-refractivity contribution < 1.29 is 19.5 Å². The predicted octanol–water partition coefficient (Wildman–Crippen LogP) is 0.181. The lowest BCUT2D eigenvalue weighted by Crippen LogP contribution is -2.47. The quantitative estimate of drug-likeness (QED) is 0.540. The Hall–Kier alpha value is -1.08. The minimum Gasteiger partial charge on any atom is -0.481 e. The molecule has 6 nitrogen and oxygen atoms in total. The lowest BCUT2D eigenvalue weighted by atomic mass is 10.1. The number of amides is 1. The molecule has 0 rings (SSSR count). The summed E-state index contributed by atoms with van der Waals surface area (Å²) in [5, 5.41) is 11.1. The van der Waals surface area contributed by atoms with Gasteiger partial charge in [-0.1, -0.05) is 11.9 Å². The summed E-state index contributed by atoms with van der Waals surface area (Å²) in [6.07, 6.45) is 1.84. The Morgan fingerprint density at radius 2 is 1.94 bits per heavy atom. The van der Waals surface area contributed by atoms with E-state index in [4.69, 9.17) is 5.11 Å². The SMILES string of the molecule is CSN[C@@H](CCC(=O)O)C(=O)N[C@@H](C)C(C)=O. The first-order valence-corrected chi connectivity index (χ1v) is 6.42. The van der Waals surface area contributed by atoms with Crippen LogP contribution in [0.3, 0.4) is 0 Å². The average Bonchev–Trinajstić information content (AvgIpc) is 2.23. The zero-order valence-corrected chi connectivity index (χ0v) is 11.0. The van der Waals surface area contributed by atoms with Gasteiger partial charge in [-0.2, -0.15) is 0 Å². The van der Waals surface area contributed by atoms with Crippen molar-refractivity contribution in [1.29, 1.82) is 0 Å². The van der Waals surface area contributed by atoms with Crippen LogP contribution in [0.25, 0.3) is 0 Å². The van der Waals surface area contributed by atoms with Crippen LogP contribution in [0.4, 0.5) is 0 Å². The van der Waals surface area contributed by atoms with Gasteiger partial charge in [0.15, 0.2) is 5.78 Å². The van der Waals surface area contributed by atoms with E-state index in [1.807, 2.05) is 0 Å². The molecule has 1 amide bonds. The molecule has 0 radical (unpaired) electrons. The summed E-state index contributed by atoms with van der Waals surface area (Å²) in [6, 6.07) is -1.17. The van der Waals surface area contributed by atoms with E-state index in [-0.39, 0.29) is 24.5 Å². The highest BCUT2D eigenvalue weighted by Gasteiger charge is 2.21. The Morgan fingerprint density at radius 1 is 1.35 bits per heavy atom. The maximum Gasteiger partial charge on any atom is 0.303 e. The van der Waals surface area contributed by atoms with Crippen LogP contribution < -0.4 is 10.0 Å². The molecule has 0 heterocycles. The summed E-state index contributed by atoms with van der Waals surface area (Å²) in [4.78, 5) is 33.2. The topological polar surface area (TPSA) is 95.5 Å². The largest absolute Gasteiger partial charge is 0.481 e. The number of ketones is 1. The van der Waals surface area contributed by atoms with E-state index in [0.29, 0.717) is 0 Å². The van der Waals surface area contributed by atoms with Crippen molar-refractivity contribution in [2.45, 2.75) is 38.8 Å². The van der Waals surface area contributed by atoms with Crippen molar-refractivity contribution in [3.05, 3.63) is 0 Å². The molecule has 0 aliphatic rings. The highest BCUT2D eigenvalue weighted by atomic mass is 32.2. The molecule has 0 fully saturated rings. The van der Waals surface area contributed by atoms with Gasteiger partial charge in [0.25, 0.3) is 0 Å². The Morgan fingerprint density at radius 3 is 2.35 bits per heavy atom. The van der Waals surface area contributed by atoms with E-state index in [2.05, 4.69) is 10.0 Å². The fourth-order valence-corrected chi connectivity index (χ4v) is 1.58. The van der Waals surface area contributed by atoms with Gasteiger partial charge in [0.2, 0.25) is 5.91 Å². The second-order valence-corrected chi connectivity index (χ2v) is 4.29. The van der Waals surface area contributed by atoms with E-state index < -0.39 is 18.1 Å². The summed E-state index contributed by atoms with van der Waals surface area (Å²) in [5.74, 6) is -1.45. The summed E-state index contributed by atoms with van der Waals surface area (Å²) in [7, 11) is 0. The standard InChI is InChI=1S/C10H18N2O4S/c1-6(7(2)13)11-10(16)8(12-17-3)4-5-9(14)15/h6,8,12H,4-5H2,1-3H3,(H,11,16)(H,14,15)/t6-,8-/m0/s1. The van der Waals surface area contributed by atoms with Gasteiger partial charge in [0.05, 0.1) is 12.1 Å². The molecule has 0 aromatic carbocycles. The van der Waals surface area contributed by atoms with Crippen molar-refractivity contribution in [2.24, 2.45) is 0 Å². The molecule has 0 bridgehead atoms. The van der Waals surface area contributed by atoms with Crippen LogP contribution >= 0.6 is 11.9 Å². The molecule has 2 atom stereocenters. The minimum atomic E-state index is -0.953. The normalized spacial score (nSPS) is 13.8. The molecular formula is C10H18N2O4S. The summed E-state index contributed by atoms with van der Waals surface area (Å²) >= 11 is 1.24. The molecule has 17 heavy (non-hydrogen) atoms. The van der Waals surface area contributed by atoms with Gasteiger partial charge in [-0.15, -0.1) is 0 Å².